The average molecular weight is 432 g/mol. The van der Waals surface area contributed by atoms with Crippen LogP contribution in [0.3, 0.4) is 0 Å². The molecular weight excluding hydrogens is 412 g/mol. The van der Waals surface area contributed by atoms with E-state index >= 15 is 0 Å². The Bertz CT molecular complexity index is 1140. The maximum absolute atomic E-state index is 12.2. The highest BCUT2D eigenvalue weighted by Crippen LogP contribution is 2.19. The summed E-state index contributed by atoms with van der Waals surface area (Å²) in [6.07, 6.45) is 1.47. The van der Waals surface area contributed by atoms with E-state index in [-0.39, 0.29) is 18.2 Å². The Balaban J connectivity index is 1.59. The highest BCUT2D eigenvalue weighted by atomic mass is 16.6. The molecular formula is C23H20N4O5. The summed E-state index contributed by atoms with van der Waals surface area (Å²) in [5.41, 5.74) is 4.87. The van der Waals surface area contributed by atoms with E-state index < -0.39 is 10.8 Å². The highest BCUT2D eigenvalue weighted by molar-refractivity contribution is 5.96. The fourth-order valence-corrected chi connectivity index (χ4v) is 2.73. The van der Waals surface area contributed by atoms with Crippen molar-refractivity contribution in [2.45, 2.75) is 13.5 Å². The molecule has 3 aromatic carbocycles. The number of non-ortho nitro benzene ring substituents is 1. The monoisotopic (exact) mass is 432 g/mol. The number of para-hydroxylation sites is 1. The zero-order valence-corrected chi connectivity index (χ0v) is 17.1. The van der Waals surface area contributed by atoms with E-state index in [1.165, 1.54) is 25.3 Å². The van der Waals surface area contributed by atoms with Gasteiger partial charge in [-0.2, -0.15) is 5.10 Å². The third-order valence-corrected chi connectivity index (χ3v) is 4.30. The Labute approximate surface area is 183 Å². The molecule has 2 N–H and O–H groups in total. The zero-order valence-electron chi connectivity index (χ0n) is 17.1. The summed E-state index contributed by atoms with van der Waals surface area (Å²) in [4.78, 5) is 33.6. The quantitative estimate of drug-likeness (QED) is 0.317. The predicted octanol–water partition coefficient (Wildman–Crippen LogP) is 3.90. The first-order chi connectivity index (χ1) is 15.4. The van der Waals surface area contributed by atoms with E-state index in [1.54, 1.807) is 54.6 Å². The molecule has 0 unspecified atom stereocenters. The predicted molar refractivity (Wildman–Crippen MR) is 120 cm³/mol. The second kappa shape index (κ2) is 10.5. The van der Waals surface area contributed by atoms with Gasteiger partial charge in [-0.1, -0.05) is 12.1 Å². The molecule has 32 heavy (non-hydrogen) atoms. The van der Waals surface area contributed by atoms with Crippen molar-refractivity contribution < 1.29 is 19.2 Å². The van der Waals surface area contributed by atoms with Crippen molar-refractivity contribution >= 4 is 29.4 Å². The summed E-state index contributed by atoms with van der Waals surface area (Å²) < 4.78 is 5.80. The SMILES string of the molecule is CC(=O)Nc1ccc(C(=O)N/N=C\c2ccccc2OCc2ccc([N+](=O)[O-])cc2)cc1. The van der Waals surface area contributed by atoms with Crippen LogP contribution in [0.1, 0.15) is 28.4 Å². The lowest BCUT2D eigenvalue weighted by Gasteiger charge is -2.09. The van der Waals surface area contributed by atoms with Gasteiger partial charge in [0.2, 0.25) is 5.91 Å². The van der Waals surface area contributed by atoms with E-state index in [4.69, 9.17) is 4.74 Å². The number of nitro benzene ring substituents is 1. The Hall–Kier alpha value is -4.53. The molecule has 0 heterocycles. The van der Waals surface area contributed by atoms with Gasteiger partial charge in [0.25, 0.3) is 11.6 Å². The van der Waals surface area contributed by atoms with Crippen LogP contribution in [0, 0.1) is 10.1 Å². The first-order valence-corrected chi connectivity index (χ1v) is 9.58. The first kappa shape index (κ1) is 22.2. The van der Waals surface area contributed by atoms with Gasteiger partial charge in [-0.3, -0.25) is 19.7 Å². The fourth-order valence-electron chi connectivity index (χ4n) is 2.73. The van der Waals surface area contributed by atoms with Crippen LogP contribution in [0.25, 0.3) is 0 Å². The molecule has 162 valence electrons. The molecule has 0 aliphatic rings. The number of anilines is 1. The molecule has 0 saturated carbocycles. The smallest absolute Gasteiger partial charge is 0.271 e. The largest absolute Gasteiger partial charge is 0.488 e. The Morgan fingerprint density at radius 1 is 1.03 bits per heavy atom. The lowest BCUT2D eigenvalue weighted by Crippen LogP contribution is -2.17. The number of hydrogen-bond donors (Lipinski definition) is 2. The molecule has 0 aromatic heterocycles. The van der Waals surface area contributed by atoms with Crippen LogP contribution in [-0.2, 0) is 11.4 Å². The summed E-state index contributed by atoms with van der Waals surface area (Å²) in [7, 11) is 0. The van der Waals surface area contributed by atoms with Crippen molar-refractivity contribution in [2.24, 2.45) is 5.10 Å². The van der Waals surface area contributed by atoms with Gasteiger partial charge >= 0.3 is 0 Å². The highest BCUT2D eigenvalue weighted by Gasteiger charge is 2.07. The van der Waals surface area contributed by atoms with Gasteiger partial charge in [0, 0.05) is 35.9 Å². The third kappa shape index (κ3) is 6.23. The maximum Gasteiger partial charge on any atom is 0.271 e. The number of hydrazone groups is 1. The number of amides is 2. The molecule has 0 saturated heterocycles. The number of nitrogens with zero attached hydrogens (tertiary/aromatic N) is 2. The van der Waals surface area contributed by atoms with Gasteiger partial charge in [0.1, 0.15) is 12.4 Å². The molecule has 0 aliphatic carbocycles. The number of rotatable bonds is 8. The average Bonchev–Trinajstić information content (AvgIpc) is 2.78. The minimum atomic E-state index is -0.456. The summed E-state index contributed by atoms with van der Waals surface area (Å²) >= 11 is 0. The lowest BCUT2D eigenvalue weighted by atomic mass is 10.2. The molecule has 0 aliphatic heterocycles. The van der Waals surface area contributed by atoms with Gasteiger partial charge in [-0.15, -0.1) is 0 Å². The topological polar surface area (TPSA) is 123 Å². The maximum atomic E-state index is 12.2. The van der Waals surface area contributed by atoms with Crippen molar-refractivity contribution in [1.29, 1.82) is 0 Å². The van der Waals surface area contributed by atoms with Crippen molar-refractivity contribution in [3.05, 3.63) is 99.6 Å². The molecule has 3 rings (SSSR count). The van der Waals surface area contributed by atoms with E-state index in [1.807, 2.05) is 6.07 Å². The van der Waals surface area contributed by atoms with Crippen LogP contribution in [0.15, 0.2) is 77.9 Å². The Morgan fingerprint density at radius 2 is 1.72 bits per heavy atom. The number of carbonyl (C=O) groups excluding carboxylic acids is 2. The van der Waals surface area contributed by atoms with Gasteiger partial charge < -0.3 is 10.1 Å². The van der Waals surface area contributed by atoms with Crippen molar-refractivity contribution in [2.75, 3.05) is 5.32 Å². The number of nitro groups is 1. The second-order valence-electron chi connectivity index (χ2n) is 6.71. The van der Waals surface area contributed by atoms with Crippen LogP contribution in [0.4, 0.5) is 11.4 Å². The number of nitrogens with one attached hydrogen (secondary N) is 2. The van der Waals surface area contributed by atoms with E-state index in [2.05, 4.69) is 15.8 Å². The van der Waals surface area contributed by atoms with Gasteiger partial charge in [0.15, 0.2) is 0 Å². The Morgan fingerprint density at radius 3 is 2.38 bits per heavy atom. The number of carbonyl (C=O) groups is 2. The minimum absolute atomic E-state index is 0.0155. The summed E-state index contributed by atoms with van der Waals surface area (Å²) in [5, 5.41) is 17.4. The molecule has 3 aromatic rings. The third-order valence-electron chi connectivity index (χ3n) is 4.30. The van der Waals surface area contributed by atoms with Crippen LogP contribution < -0.4 is 15.5 Å². The van der Waals surface area contributed by atoms with Crippen molar-refractivity contribution in [3.63, 3.8) is 0 Å². The normalized spacial score (nSPS) is 10.5. The molecule has 0 bridgehead atoms. The zero-order chi connectivity index (χ0) is 22.9. The van der Waals surface area contributed by atoms with Gasteiger partial charge in [-0.05, 0) is 54.1 Å². The first-order valence-electron chi connectivity index (χ1n) is 9.58. The molecule has 0 fully saturated rings. The van der Waals surface area contributed by atoms with Crippen LogP contribution >= 0.6 is 0 Å². The molecule has 9 heteroatoms. The van der Waals surface area contributed by atoms with E-state index in [0.29, 0.717) is 22.6 Å². The fraction of sp³-hybridized carbons (Fsp3) is 0.0870. The number of ether oxygens (including phenoxy) is 1. The van der Waals surface area contributed by atoms with E-state index in [9.17, 15) is 19.7 Å². The summed E-state index contributed by atoms with van der Waals surface area (Å²) in [5.74, 6) is -0.0512. The second-order valence-corrected chi connectivity index (χ2v) is 6.71. The number of benzene rings is 3. The van der Waals surface area contributed by atoms with Gasteiger partial charge in [-0.25, -0.2) is 5.43 Å². The molecule has 0 spiro atoms. The molecule has 0 atom stereocenters. The minimum Gasteiger partial charge on any atom is -0.488 e. The summed E-state index contributed by atoms with van der Waals surface area (Å²) in [6, 6.07) is 19.7. The van der Waals surface area contributed by atoms with Crippen molar-refractivity contribution in [3.8, 4) is 5.75 Å². The van der Waals surface area contributed by atoms with E-state index in [0.717, 1.165) is 5.56 Å². The number of hydrogen-bond acceptors (Lipinski definition) is 6. The van der Waals surface area contributed by atoms with Crippen molar-refractivity contribution in [1.82, 2.24) is 5.43 Å². The molecule has 9 nitrogen and oxygen atoms in total. The molecule has 2 amide bonds. The Kier molecular flexibility index (Phi) is 7.26. The summed E-state index contributed by atoms with van der Waals surface area (Å²) in [6.45, 7) is 1.62. The lowest BCUT2D eigenvalue weighted by molar-refractivity contribution is -0.384. The van der Waals surface area contributed by atoms with Gasteiger partial charge in [0.05, 0.1) is 11.1 Å². The standard InChI is InChI=1S/C23H20N4O5/c1-16(28)25-20-10-8-18(9-11-20)23(29)26-24-14-19-4-2-3-5-22(19)32-15-17-6-12-21(13-7-17)27(30)31/h2-14H,15H2,1H3,(H,25,28)(H,26,29)/b24-14-. The van der Waals surface area contributed by atoms with Crippen LogP contribution in [0.5, 0.6) is 5.75 Å². The van der Waals surface area contributed by atoms with Crippen LogP contribution in [-0.4, -0.2) is 23.0 Å². The molecule has 0 radical (unpaired) electrons. The van der Waals surface area contributed by atoms with Crippen LogP contribution in [0.2, 0.25) is 0 Å².